The number of hydrogen-bond acceptors (Lipinski definition) is 1. The van der Waals surface area contributed by atoms with Crippen LogP contribution in [0.1, 0.15) is 34.1 Å². The maximum absolute atomic E-state index is 2.52. The molecule has 0 amide bonds. The maximum Gasteiger partial charge on any atom is 0.00149 e. The quantitative estimate of drug-likeness (QED) is 0.555. The molecule has 0 bridgehead atoms. The van der Waals surface area contributed by atoms with Crippen molar-refractivity contribution >= 4 is 0 Å². The zero-order valence-electron chi connectivity index (χ0n) is 9.72. The van der Waals surface area contributed by atoms with Crippen molar-refractivity contribution in [1.82, 2.24) is 4.90 Å². The molecule has 0 aromatic rings. The van der Waals surface area contributed by atoms with Crippen LogP contribution >= 0.6 is 0 Å². The highest BCUT2D eigenvalue weighted by molar-refractivity contribution is 5.12. The van der Waals surface area contributed by atoms with Gasteiger partial charge in [0.2, 0.25) is 0 Å². The predicted octanol–water partition coefficient (Wildman–Crippen LogP) is 2.62. The summed E-state index contributed by atoms with van der Waals surface area (Å²) in [5, 5.41) is 0. The molecule has 2 fully saturated rings. The lowest BCUT2D eigenvalue weighted by molar-refractivity contribution is 0.220. The van der Waals surface area contributed by atoms with E-state index in [2.05, 4.69) is 39.6 Å². The van der Waals surface area contributed by atoms with E-state index in [-0.39, 0.29) is 0 Å². The minimum absolute atomic E-state index is 0.568. The van der Waals surface area contributed by atoms with Crippen LogP contribution in [0.25, 0.3) is 0 Å². The monoisotopic (exact) mass is 181 g/mol. The molecule has 0 spiro atoms. The Kier molecular flexibility index (Phi) is 1.83. The van der Waals surface area contributed by atoms with E-state index in [0.29, 0.717) is 10.8 Å². The minimum Gasteiger partial charge on any atom is -0.306 e. The molecule has 76 valence electrons. The van der Waals surface area contributed by atoms with E-state index in [1.54, 1.807) is 0 Å². The van der Waals surface area contributed by atoms with Crippen LogP contribution in [0, 0.1) is 22.7 Å². The number of rotatable bonds is 0. The van der Waals surface area contributed by atoms with Crippen LogP contribution in [-0.2, 0) is 0 Å². The molecule has 1 heteroatoms. The van der Waals surface area contributed by atoms with E-state index >= 15 is 0 Å². The van der Waals surface area contributed by atoms with Crippen molar-refractivity contribution in [1.29, 1.82) is 0 Å². The molecule has 0 aromatic heterocycles. The van der Waals surface area contributed by atoms with Crippen molar-refractivity contribution in [2.24, 2.45) is 22.7 Å². The first-order valence-corrected chi connectivity index (χ1v) is 5.54. The molecule has 2 unspecified atom stereocenters. The van der Waals surface area contributed by atoms with Gasteiger partial charge in [-0.3, -0.25) is 0 Å². The van der Waals surface area contributed by atoms with Gasteiger partial charge in [0.1, 0.15) is 0 Å². The molecule has 1 heterocycles. The number of hydrogen-bond donors (Lipinski definition) is 0. The third-order valence-electron chi connectivity index (χ3n) is 4.54. The summed E-state index contributed by atoms with van der Waals surface area (Å²) in [5.74, 6) is 1.92. The molecule has 0 radical (unpaired) electrons. The summed E-state index contributed by atoms with van der Waals surface area (Å²) < 4.78 is 0. The van der Waals surface area contributed by atoms with Gasteiger partial charge in [-0.1, -0.05) is 27.7 Å². The molecule has 2 rings (SSSR count). The Hall–Kier alpha value is -0.0400. The van der Waals surface area contributed by atoms with Crippen LogP contribution in [0.5, 0.6) is 0 Å². The van der Waals surface area contributed by atoms with Gasteiger partial charge >= 0.3 is 0 Å². The molecule has 0 N–H and O–H groups in total. The van der Waals surface area contributed by atoms with Crippen molar-refractivity contribution in [3.8, 4) is 0 Å². The van der Waals surface area contributed by atoms with Gasteiger partial charge in [0.15, 0.2) is 0 Å². The molecule has 0 aromatic carbocycles. The van der Waals surface area contributed by atoms with Crippen LogP contribution in [0.4, 0.5) is 0 Å². The fraction of sp³-hybridized carbons (Fsp3) is 1.00. The maximum atomic E-state index is 2.52. The second-order valence-electron chi connectivity index (χ2n) is 6.41. The van der Waals surface area contributed by atoms with E-state index < -0.39 is 0 Å². The smallest absolute Gasteiger partial charge is 0.00149 e. The fourth-order valence-electron chi connectivity index (χ4n) is 3.70. The predicted molar refractivity (Wildman–Crippen MR) is 56.7 cm³/mol. The number of nitrogens with zero attached hydrogens (tertiary/aromatic N) is 1. The molecular weight excluding hydrogens is 158 g/mol. The van der Waals surface area contributed by atoms with Gasteiger partial charge in [-0.05, 0) is 42.7 Å². The van der Waals surface area contributed by atoms with Gasteiger partial charge in [0, 0.05) is 6.54 Å². The standard InChI is InChI=1S/C12H23N/c1-11(2)6-7-13(5)8-9-10(11)12(9,3)4/h9-10H,6-8H2,1-5H3. The summed E-state index contributed by atoms with van der Waals surface area (Å²) in [5.41, 5.74) is 1.18. The van der Waals surface area contributed by atoms with Crippen molar-refractivity contribution < 1.29 is 0 Å². The van der Waals surface area contributed by atoms with E-state index in [1.165, 1.54) is 19.5 Å². The molecule has 1 aliphatic heterocycles. The molecule has 2 atom stereocenters. The summed E-state index contributed by atoms with van der Waals surface area (Å²) in [6, 6.07) is 0. The van der Waals surface area contributed by atoms with Crippen molar-refractivity contribution in [3.05, 3.63) is 0 Å². The third-order valence-corrected chi connectivity index (χ3v) is 4.54. The average Bonchev–Trinajstić information content (AvgIpc) is 2.53. The zero-order valence-corrected chi connectivity index (χ0v) is 9.72. The van der Waals surface area contributed by atoms with E-state index in [0.717, 1.165) is 11.8 Å². The summed E-state index contributed by atoms with van der Waals surface area (Å²) in [7, 11) is 2.27. The average molecular weight is 181 g/mol. The Balaban J connectivity index is 2.20. The first-order valence-electron chi connectivity index (χ1n) is 5.54. The fourth-order valence-corrected chi connectivity index (χ4v) is 3.70. The van der Waals surface area contributed by atoms with Crippen LogP contribution in [0.15, 0.2) is 0 Å². The van der Waals surface area contributed by atoms with Crippen LogP contribution < -0.4 is 0 Å². The highest BCUT2D eigenvalue weighted by Gasteiger charge is 2.63. The first kappa shape index (κ1) is 9.51. The summed E-state index contributed by atoms with van der Waals surface area (Å²) in [4.78, 5) is 2.52. The highest BCUT2D eigenvalue weighted by Crippen LogP contribution is 2.67. The van der Waals surface area contributed by atoms with Gasteiger partial charge < -0.3 is 4.90 Å². The lowest BCUT2D eigenvalue weighted by Crippen LogP contribution is -2.26. The van der Waals surface area contributed by atoms with Gasteiger partial charge in [-0.25, -0.2) is 0 Å². The Bertz CT molecular complexity index is 217. The van der Waals surface area contributed by atoms with Crippen LogP contribution in [0.3, 0.4) is 0 Å². The largest absolute Gasteiger partial charge is 0.306 e. The van der Waals surface area contributed by atoms with Gasteiger partial charge in [0.25, 0.3) is 0 Å². The molecular formula is C12H23N. The molecule has 1 saturated heterocycles. The van der Waals surface area contributed by atoms with Crippen LogP contribution in [-0.4, -0.2) is 25.0 Å². The van der Waals surface area contributed by atoms with E-state index in [9.17, 15) is 0 Å². The van der Waals surface area contributed by atoms with E-state index in [1.807, 2.05) is 0 Å². The Morgan fingerprint density at radius 3 is 2.38 bits per heavy atom. The molecule has 1 saturated carbocycles. The highest BCUT2D eigenvalue weighted by atomic mass is 15.1. The molecule has 1 aliphatic carbocycles. The third kappa shape index (κ3) is 1.32. The van der Waals surface area contributed by atoms with Gasteiger partial charge in [-0.2, -0.15) is 0 Å². The number of fused-ring (bicyclic) bond motifs is 1. The molecule has 1 nitrogen and oxygen atoms in total. The summed E-state index contributed by atoms with van der Waals surface area (Å²) >= 11 is 0. The SMILES string of the molecule is CN1CCC(C)(C)C2C(C1)C2(C)C. The number of likely N-dealkylation sites (tertiary alicyclic amines) is 1. The van der Waals surface area contributed by atoms with Crippen molar-refractivity contribution in [3.63, 3.8) is 0 Å². The van der Waals surface area contributed by atoms with Crippen LogP contribution in [0.2, 0.25) is 0 Å². The summed E-state index contributed by atoms with van der Waals surface area (Å²) in [6.07, 6.45) is 1.37. The van der Waals surface area contributed by atoms with E-state index in [4.69, 9.17) is 0 Å². The topological polar surface area (TPSA) is 3.24 Å². The Morgan fingerprint density at radius 2 is 1.77 bits per heavy atom. The molecule has 13 heavy (non-hydrogen) atoms. The lowest BCUT2D eigenvalue weighted by atomic mass is 9.80. The van der Waals surface area contributed by atoms with Gasteiger partial charge in [-0.15, -0.1) is 0 Å². The second-order valence-corrected chi connectivity index (χ2v) is 6.41. The Labute approximate surface area is 82.5 Å². The van der Waals surface area contributed by atoms with Crippen molar-refractivity contribution in [2.45, 2.75) is 34.1 Å². The Morgan fingerprint density at radius 1 is 1.15 bits per heavy atom. The second kappa shape index (κ2) is 2.50. The summed E-state index contributed by atoms with van der Waals surface area (Å²) in [6.45, 7) is 12.4. The van der Waals surface area contributed by atoms with Crippen molar-refractivity contribution in [2.75, 3.05) is 20.1 Å². The van der Waals surface area contributed by atoms with Gasteiger partial charge in [0.05, 0.1) is 0 Å². The normalized spacial score (nSPS) is 42.2. The zero-order chi connectivity index (χ0) is 9.85. The molecule has 2 aliphatic rings. The first-order chi connectivity index (χ1) is 5.86. The lowest BCUT2D eigenvalue weighted by Gasteiger charge is -2.27. The minimum atomic E-state index is 0.568.